The summed E-state index contributed by atoms with van der Waals surface area (Å²) in [6.07, 6.45) is 1.49. The highest BCUT2D eigenvalue weighted by molar-refractivity contribution is 6.00. The van der Waals surface area contributed by atoms with Crippen LogP contribution in [-0.2, 0) is 11.3 Å². The highest BCUT2D eigenvalue weighted by Crippen LogP contribution is 2.10. The maximum absolute atomic E-state index is 11.9. The van der Waals surface area contributed by atoms with E-state index in [1.807, 2.05) is 24.3 Å². The van der Waals surface area contributed by atoms with Gasteiger partial charge in [0.15, 0.2) is 5.76 Å². The molecule has 1 aromatic heterocycles. The van der Waals surface area contributed by atoms with Gasteiger partial charge in [-0.15, -0.1) is 0 Å². The van der Waals surface area contributed by atoms with Crippen LogP contribution < -0.4 is 15.5 Å². The number of nitrogens with zero attached hydrogens (tertiary/aromatic N) is 1. The van der Waals surface area contributed by atoms with Crippen LogP contribution in [0.4, 0.5) is 0 Å². The number of rotatable bonds is 7. The lowest BCUT2D eigenvalue weighted by Crippen LogP contribution is -2.26. The van der Waals surface area contributed by atoms with Crippen LogP contribution in [0, 0.1) is 0 Å². The zero-order valence-corrected chi connectivity index (χ0v) is 13.5. The summed E-state index contributed by atoms with van der Waals surface area (Å²) in [5.74, 6) is 0.285. The lowest BCUT2D eigenvalue weighted by molar-refractivity contribution is -0.120. The molecule has 2 rings (SSSR count). The van der Waals surface area contributed by atoms with Crippen LogP contribution >= 0.6 is 0 Å². The first kappa shape index (κ1) is 17.3. The molecule has 24 heavy (non-hydrogen) atoms. The largest absolute Gasteiger partial charge is 0.497 e. The molecule has 0 spiro atoms. The minimum Gasteiger partial charge on any atom is -0.497 e. The number of benzene rings is 1. The third-order valence-corrected chi connectivity index (χ3v) is 3.16. The van der Waals surface area contributed by atoms with Crippen LogP contribution in [-0.4, -0.2) is 24.6 Å². The molecular formula is C17H19N3O4. The molecule has 0 aliphatic heterocycles. The monoisotopic (exact) mass is 329 g/mol. The number of carbonyl (C=O) groups is 2. The lowest BCUT2D eigenvalue weighted by Gasteiger charge is -2.06. The van der Waals surface area contributed by atoms with Crippen molar-refractivity contribution in [1.29, 1.82) is 0 Å². The highest BCUT2D eigenvalue weighted by Gasteiger charge is 2.08. The molecule has 2 N–H and O–H groups in total. The van der Waals surface area contributed by atoms with E-state index in [9.17, 15) is 9.59 Å². The van der Waals surface area contributed by atoms with Crippen LogP contribution in [0.25, 0.3) is 0 Å². The summed E-state index contributed by atoms with van der Waals surface area (Å²) in [5.41, 5.74) is 3.79. The first-order chi connectivity index (χ1) is 11.6. The van der Waals surface area contributed by atoms with Gasteiger partial charge in [0.25, 0.3) is 0 Å². The van der Waals surface area contributed by atoms with Crippen molar-refractivity contribution in [3.63, 3.8) is 0 Å². The molecule has 2 aromatic rings. The number of amides is 2. The van der Waals surface area contributed by atoms with Gasteiger partial charge in [-0.05, 0) is 36.8 Å². The Morgan fingerprint density at radius 1 is 1.21 bits per heavy atom. The minimum absolute atomic E-state index is 0.0919. The Kier molecular flexibility index (Phi) is 6.13. The molecule has 0 atom stereocenters. The van der Waals surface area contributed by atoms with Gasteiger partial charge in [-0.3, -0.25) is 9.59 Å². The number of carbonyl (C=O) groups excluding carboxylic acids is 2. The van der Waals surface area contributed by atoms with Gasteiger partial charge in [0, 0.05) is 12.3 Å². The quantitative estimate of drug-likeness (QED) is 0.601. The van der Waals surface area contributed by atoms with E-state index < -0.39 is 5.91 Å². The molecule has 126 valence electrons. The Bertz CT molecular complexity index is 706. The summed E-state index contributed by atoms with van der Waals surface area (Å²) in [4.78, 5) is 23.5. The van der Waals surface area contributed by atoms with Crippen LogP contribution in [0.1, 0.15) is 29.5 Å². The molecule has 0 saturated carbocycles. The van der Waals surface area contributed by atoms with Gasteiger partial charge in [-0.2, -0.15) is 5.10 Å². The molecule has 0 saturated heterocycles. The van der Waals surface area contributed by atoms with Gasteiger partial charge in [0.05, 0.1) is 19.8 Å². The van der Waals surface area contributed by atoms with Crippen molar-refractivity contribution in [2.75, 3.05) is 7.11 Å². The number of hydrogen-bond acceptors (Lipinski definition) is 5. The molecule has 0 aliphatic rings. The van der Waals surface area contributed by atoms with Gasteiger partial charge in [-0.25, -0.2) is 5.43 Å². The summed E-state index contributed by atoms with van der Waals surface area (Å²) < 4.78 is 10.0. The normalized spacial score (nSPS) is 11.0. The van der Waals surface area contributed by atoms with E-state index in [4.69, 9.17) is 9.15 Å². The molecule has 7 nitrogen and oxygen atoms in total. The van der Waals surface area contributed by atoms with Crippen molar-refractivity contribution in [3.05, 3.63) is 54.0 Å². The topological polar surface area (TPSA) is 92.9 Å². The summed E-state index contributed by atoms with van der Waals surface area (Å²) in [6, 6.07) is 10.6. The van der Waals surface area contributed by atoms with E-state index in [1.165, 1.54) is 12.3 Å². The van der Waals surface area contributed by atoms with Crippen LogP contribution in [0.15, 0.2) is 52.2 Å². The molecule has 0 unspecified atom stereocenters. The molecule has 0 bridgehead atoms. The highest BCUT2D eigenvalue weighted by atomic mass is 16.5. The van der Waals surface area contributed by atoms with Gasteiger partial charge in [-0.1, -0.05) is 12.1 Å². The SMILES string of the molecule is COc1ccc(CNC(=O)C/C(C)=N/NC(=O)c2ccco2)cc1. The van der Waals surface area contributed by atoms with E-state index in [0.29, 0.717) is 12.3 Å². The summed E-state index contributed by atoms with van der Waals surface area (Å²) in [6.45, 7) is 2.07. The average Bonchev–Trinajstić information content (AvgIpc) is 3.13. The standard InChI is InChI=1S/C17H19N3O4/c1-12(19-20-17(22)15-4-3-9-24-15)10-16(21)18-11-13-5-7-14(23-2)8-6-13/h3-9H,10-11H2,1-2H3,(H,18,21)(H,20,22)/b19-12+. The molecule has 1 heterocycles. The minimum atomic E-state index is -0.460. The van der Waals surface area contributed by atoms with Crippen molar-refractivity contribution in [1.82, 2.24) is 10.7 Å². The molecular weight excluding hydrogens is 310 g/mol. The van der Waals surface area contributed by atoms with E-state index >= 15 is 0 Å². The van der Waals surface area contributed by atoms with E-state index in [2.05, 4.69) is 15.8 Å². The van der Waals surface area contributed by atoms with E-state index in [1.54, 1.807) is 20.1 Å². The third-order valence-electron chi connectivity index (χ3n) is 3.16. The maximum Gasteiger partial charge on any atom is 0.307 e. The average molecular weight is 329 g/mol. The Morgan fingerprint density at radius 2 is 1.96 bits per heavy atom. The summed E-state index contributed by atoms with van der Waals surface area (Å²) in [7, 11) is 1.60. The fraction of sp³-hybridized carbons (Fsp3) is 0.235. The number of ether oxygens (including phenoxy) is 1. The van der Waals surface area contributed by atoms with Crippen LogP contribution in [0.2, 0.25) is 0 Å². The second kappa shape index (κ2) is 8.52. The Morgan fingerprint density at radius 3 is 2.58 bits per heavy atom. The molecule has 0 fully saturated rings. The predicted molar refractivity (Wildman–Crippen MR) is 88.7 cm³/mol. The number of methoxy groups -OCH3 is 1. The first-order valence-electron chi connectivity index (χ1n) is 7.35. The zero-order chi connectivity index (χ0) is 17.4. The van der Waals surface area contributed by atoms with Crippen molar-refractivity contribution in [3.8, 4) is 5.75 Å². The van der Waals surface area contributed by atoms with Gasteiger partial charge in [0.1, 0.15) is 5.75 Å². The first-order valence-corrected chi connectivity index (χ1v) is 7.35. The smallest absolute Gasteiger partial charge is 0.307 e. The molecule has 2 amide bonds. The number of hydrazone groups is 1. The number of hydrogen-bond donors (Lipinski definition) is 2. The third kappa shape index (κ3) is 5.28. The Hall–Kier alpha value is -3.09. The molecule has 0 radical (unpaired) electrons. The van der Waals surface area contributed by atoms with E-state index in [0.717, 1.165) is 11.3 Å². The summed E-state index contributed by atoms with van der Waals surface area (Å²) in [5, 5.41) is 6.67. The van der Waals surface area contributed by atoms with Crippen molar-refractivity contribution < 1.29 is 18.7 Å². The Labute approximate surface area is 139 Å². The second-order valence-corrected chi connectivity index (χ2v) is 5.07. The predicted octanol–water partition coefficient (Wildman–Crippen LogP) is 2.10. The van der Waals surface area contributed by atoms with Crippen LogP contribution in [0.3, 0.4) is 0 Å². The molecule has 1 aromatic carbocycles. The number of furan rings is 1. The van der Waals surface area contributed by atoms with Gasteiger partial charge >= 0.3 is 5.91 Å². The van der Waals surface area contributed by atoms with Crippen molar-refractivity contribution in [2.24, 2.45) is 5.10 Å². The number of nitrogens with one attached hydrogen (secondary N) is 2. The fourth-order valence-electron chi connectivity index (χ4n) is 1.89. The van der Waals surface area contributed by atoms with E-state index in [-0.39, 0.29) is 18.1 Å². The maximum atomic E-state index is 11.9. The van der Waals surface area contributed by atoms with Gasteiger partial charge < -0.3 is 14.5 Å². The molecule has 0 aliphatic carbocycles. The zero-order valence-electron chi connectivity index (χ0n) is 13.5. The van der Waals surface area contributed by atoms with Crippen molar-refractivity contribution in [2.45, 2.75) is 19.9 Å². The molecule has 7 heteroatoms. The van der Waals surface area contributed by atoms with Crippen molar-refractivity contribution >= 4 is 17.5 Å². The van der Waals surface area contributed by atoms with Crippen LogP contribution in [0.5, 0.6) is 5.75 Å². The summed E-state index contributed by atoms with van der Waals surface area (Å²) >= 11 is 0. The van der Waals surface area contributed by atoms with Gasteiger partial charge in [0.2, 0.25) is 5.91 Å². The fourth-order valence-corrected chi connectivity index (χ4v) is 1.89. The Balaban J connectivity index is 1.76. The lowest BCUT2D eigenvalue weighted by atomic mass is 10.2. The second-order valence-electron chi connectivity index (χ2n) is 5.07.